The van der Waals surface area contributed by atoms with Gasteiger partial charge in [0, 0.05) is 4.88 Å². The van der Waals surface area contributed by atoms with Crippen molar-refractivity contribution < 1.29 is 0 Å². The predicted octanol–water partition coefficient (Wildman–Crippen LogP) is 5.22. The molecule has 0 aliphatic rings. The summed E-state index contributed by atoms with van der Waals surface area (Å²) >= 11 is 5.43. The van der Waals surface area contributed by atoms with Crippen LogP contribution in [0.5, 0.6) is 0 Å². The van der Waals surface area contributed by atoms with E-state index < -0.39 is 0 Å². The first-order valence-corrected chi connectivity index (χ1v) is 9.29. The van der Waals surface area contributed by atoms with Gasteiger partial charge < -0.3 is 5.32 Å². The van der Waals surface area contributed by atoms with E-state index >= 15 is 0 Å². The maximum Gasteiger partial charge on any atom is 0.0701 e. The van der Waals surface area contributed by atoms with Crippen LogP contribution in [0.3, 0.4) is 0 Å². The van der Waals surface area contributed by atoms with Gasteiger partial charge in [-0.3, -0.25) is 0 Å². The van der Waals surface area contributed by atoms with Crippen LogP contribution >= 0.6 is 27.3 Å². The molecule has 114 valence electrons. The van der Waals surface area contributed by atoms with Gasteiger partial charge in [0.15, 0.2) is 0 Å². The van der Waals surface area contributed by atoms with Crippen LogP contribution in [-0.4, -0.2) is 13.1 Å². The lowest BCUT2D eigenvalue weighted by molar-refractivity contribution is 0.472. The Bertz CT molecular complexity index is 550. The van der Waals surface area contributed by atoms with Crippen LogP contribution < -0.4 is 5.32 Å². The monoisotopic (exact) mass is 365 g/mol. The first-order valence-electron chi connectivity index (χ1n) is 7.68. The SMILES string of the molecule is CCCNCC(Cc1ccc(Br)s1)Cc1ccccc1C. The Morgan fingerprint density at radius 2 is 1.95 bits per heavy atom. The van der Waals surface area contributed by atoms with Crippen molar-refractivity contribution >= 4 is 27.3 Å². The van der Waals surface area contributed by atoms with Crippen molar-refractivity contribution in [1.29, 1.82) is 0 Å². The number of benzene rings is 1. The van der Waals surface area contributed by atoms with Crippen molar-refractivity contribution in [2.24, 2.45) is 5.92 Å². The molecular formula is C18H24BrNS. The first kappa shape index (κ1) is 16.7. The van der Waals surface area contributed by atoms with Crippen LogP contribution in [0.2, 0.25) is 0 Å². The van der Waals surface area contributed by atoms with Crippen LogP contribution in [0, 0.1) is 12.8 Å². The fourth-order valence-electron chi connectivity index (χ4n) is 2.60. The molecule has 0 amide bonds. The molecule has 1 nitrogen and oxygen atoms in total. The molecule has 1 N–H and O–H groups in total. The van der Waals surface area contributed by atoms with Gasteiger partial charge >= 0.3 is 0 Å². The van der Waals surface area contributed by atoms with Gasteiger partial charge in [0.05, 0.1) is 3.79 Å². The highest BCUT2D eigenvalue weighted by Crippen LogP contribution is 2.26. The Balaban J connectivity index is 2.02. The summed E-state index contributed by atoms with van der Waals surface area (Å²) in [5.41, 5.74) is 2.89. The van der Waals surface area contributed by atoms with E-state index in [1.165, 1.54) is 26.2 Å². The Morgan fingerprint density at radius 1 is 1.14 bits per heavy atom. The number of nitrogens with one attached hydrogen (secondary N) is 1. The number of hydrogen-bond acceptors (Lipinski definition) is 2. The second kappa shape index (κ2) is 8.72. The van der Waals surface area contributed by atoms with Gasteiger partial charge in [-0.25, -0.2) is 0 Å². The molecule has 0 saturated heterocycles. The minimum atomic E-state index is 0.656. The summed E-state index contributed by atoms with van der Waals surface area (Å²) in [5.74, 6) is 0.656. The molecule has 0 radical (unpaired) electrons. The third kappa shape index (κ3) is 5.57. The minimum absolute atomic E-state index is 0.656. The number of aryl methyl sites for hydroxylation is 1. The molecule has 0 fully saturated rings. The number of hydrogen-bond donors (Lipinski definition) is 1. The van der Waals surface area contributed by atoms with Crippen molar-refractivity contribution in [3.63, 3.8) is 0 Å². The third-order valence-corrected chi connectivity index (χ3v) is 5.39. The molecule has 0 spiro atoms. The lowest BCUT2D eigenvalue weighted by Gasteiger charge is -2.18. The van der Waals surface area contributed by atoms with Crippen molar-refractivity contribution in [3.05, 3.63) is 56.2 Å². The van der Waals surface area contributed by atoms with Gasteiger partial charge in [0.2, 0.25) is 0 Å². The van der Waals surface area contributed by atoms with Gasteiger partial charge in [-0.15, -0.1) is 11.3 Å². The van der Waals surface area contributed by atoms with E-state index in [0.29, 0.717) is 5.92 Å². The molecule has 1 atom stereocenters. The van der Waals surface area contributed by atoms with Gasteiger partial charge in [-0.2, -0.15) is 0 Å². The van der Waals surface area contributed by atoms with Crippen LogP contribution in [0.25, 0.3) is 0 Å². The Hall–Kier alpha value is -0.640. The standard InChI is InChI=1S/C18H24BrNS/c1-3-10-20-13-15(12-17-8-9-18(19)21-17)11-16-7-5-4-6-14(16)2/h4-9,15,20H,3,10-13H2,1-2H3. The summed E-state index contributed by atoms with van der Waals surface area (Å²) in [6.07, 6.45) is 3.50. The number of thiophene rings is 1. The van der Waals surface area contributed by atoms with Gasteiger partial charge in [0.25, 0.3) is 0 Å². The normalized spacial score (nSPS) is 12.5. The summed E-state index contributed by atoms with van der Waals surface area (Å²) < 4.78 is 1.23. The van der Waals surface area contributed by atoms with E-state index in [1.54, 1.807) is 0 Å². The van der Waals surface area contributed by atoms with E-state index in [1.807, 2.05) is 11.3 Å². The highest BCUT2D eigenvalue weighted by Gasteiger charge is 2.13. The molecule has 1 aromatic carbocycles. The number of rotatable bonds is 8. The molecule has 3 heteroatoms. The van der Waals surface area contributed by atoms with E-state index in [4.69, 9.17) is 0 Å². The quantitative estimate of drug-likeness (QED) is 0.632. The molecular weight excluding hydrogens is 342 g/mol. The zero-order chi connectivity index (χ0) is 15.1. The first-order chi connectivity index (χ1) is 10.2. The molecule has 0 aliphatic carbocycles. The van der Waals surface area contributed by atoms with Gasteiger partial charge in [-0.05, 0) is 84.4 Å². The molecule has 1 heterocycles. The molecule has 0 aliphatic heterocycles. The van der Waals surface area contributed by atoms with Crippen molar-refractivity contribution in [2.75, 3.05) is 13.1 Å². The molecule has 0 bridgehead atoms. The van der Waals surface area contributed by atoms with E-state index in [-0.39, 0.29) is 0 Å². The predicted molar refractivity (Wildman–Crippen MR) is 97.3 cm³/mol. The molecule has 21 heavy (non-hydrogen) atoms. The smallest absolute Gasteiger partial charge is 0.0701 e. The maximum atomic E-state index is 3.59. The lowest BCUT2D eigenvalue weighted by atomic mass is 9.93. The fourth-order valence-corrected chi connectivity index (χ4v) is 4.19. The lowest BCUT2D eigenvalue weighted by Crippen LogP contribution is -2.26. The average molecular weight is 366 g/mol. The van der Waals surface area contributed by atoms with Gasteiger partial charge in [-0.1, -0.05) is 31.2 Å². The van der Waals surface area contributed by atoms with Crippen molar-refractivity contribution in [3.8, 4) is 0 Å². The highest BCUT2D eigenvalue weighted by atomic mass is 79.9. The molecule has 1 unspecified atom stereocenters. The molecule has 2 aromatic rings. The van der Waals surface area contributed by atoms with Crippen molar-refractivity contribution in [2.45, 2.75) is 33.1 Å². The second-order valence-electron chi connectivity index (χ2n) is 5.61. The summed E-state index contributed by atoms with van der Waals surface area (Å²) in [7, 11) is 0. The van der Waals surface area contributed by atoms with Crippen LogP contribution in [0.1, 0.15) is 29.3 Å². The third-order valence-electron chi connectivity index (χ3n) is 3.75. The van der Waals surface area contributed by atoms with Crippen molar-refractivity contribution in [1.82, 2.24) is 5.32 Å². The van der Waals surface area contributed by atoms with E-state index in [0.717, 1.165) is 25.9 Å². The van der Waals surface area contributed by atoms with E-state index in [9.17, 15) is 0 Å². The van der Waals surface area contributed by atoms with Crippen LogP contribution in [0.15, 0.2) is 40.2 Å². The topological polar surface area (TPSA) is 12.0 Å². The Labute approximate surface area is 140 Å². The number of halogens is 1. The largest absolute Gasteiger partial charge is 0.316 e. The van der Waals surface area contributed by atoms with Gasteiger partial charge in [0.1, 0.15) is 0 Å². The fraction of sp³-hybridized carbons (Fsp3) is 0.444. The summed E-state index contributed by atoms with van der Waals surface area (Å²) in [6.45, 7) is 6.64. The zero-order valence-corrected chi connectivity index (χ0v) is 15.3. The summed E-state index contributed by atoms with van der Waals surface area (Å²) in [5, 5.41) is 3.59. The Morgan fingerprint density at radius 3 is 2.62 bits per heavy atom. The minimum Gasteiger partial charge on any atom is -0.316 e. The Kier molecular flexibility index (Phi) is 6.94. The second-order valence-corrected chi connectivity index (χ2v) is 8.16. The summed E-state index contributed by atoms with van der Waals surface area (Å²) in [6, 6.07) is 13.2. The molecule has 2 rings (SSSR count). The van der Waals surface area contributed by atoms with Crippen LogP contribution in [-0.2, 0) is 12.8 Å². The maximum absolute atomic E-state index is 3.59. The molecule has 0 saturated carbocycles. The summed E-state index contributed by atoms with van der Waals surface area (Å²) in [4.78, 5) is 1.47. The molecule has 1 aromatic heterocycles. The average Bonchev–Trinajstić information content (AvgIpc) is 2.87. The van der Waals surface area contributed by atoms with Crippen LogP contribution in [0.4, 0.5) is 0 Å². The zero-order valence-electron chi connectivity index (χ0n) is 12.9. The van der Waals surface area contributed by atoms with E-state index in [2.05, 4.69) is 71.5 Å². The highest BCUT2D eigenvalue weighted by molar-refractivity contribution is 9.11.